The summed E-state index contributed by atoms with van der Waals surface area (Å²) in [6.45, 7) is 1.92. The Morgan fingerprint density at radius 1 is 1.13 bits per heavy atom. The Kier molecular flexibility index (Phi) is 6.81. The molecule has 0 unspecified atom stereocenters. The first-order valence-electron chi connectivity index (χ1n) is 8.70. The van der Waals surface area contributed by atoms with E-state index in [0.717, 1.165) is 5.56 Å². The summed E-state index contributed by atoms with van der Waals surface area (Å²) < 4.78 is 29.8. The summed E-state index contributed by atoms with van der Waals surface area (Å²) in [5.74, 6) is 0.136. The van der Waals surface area contributed by atoms with Crippen molar-refractivity contribution in [1.29, 1.82) is 5.26 Å². The van der Waals surface area contributed by atoms with E-state index in [1.807, 2.05) is 25.1 Å². The van der Waals surface area contributed by atoms with Crippen molar-refractivity contribution in [2.24, 2.45) is 5.14 Å². The highest BCUT2D eigenvalue weighted by atomic mass is 79.9. The minimum atomic E-state index is -3.79. The van der Waals surface area contributed by atoms with Gasteiger partial charge in [0.2, 0.25) is 10.0 Å². The number of primary sulfonamides is 1. The number of hydrogen-bond donors (Lipinski definition) is 2. The Labute approximate surface area is 195 Å². The zero-order valence-corrected chi connectivity index (χ0v) is 20.0. The number of halogens is 2. The number of sulfonamides is 1. The van der Waals surface area contributed by atoms with Gasteiger partial charge in [-0.05, 0) is 92.9 Å². The van der Waals surface area contributed by atoms with Crippen LogP contribution in [0.4, 0.5) is 5.69 Å². The third-order valence-electron chi connectivity index (χ3n) is 4.17. The van der Waals surface area contributed by atoms with Crippen molar-refractivity contribution in [3.8, 4) is 17.4 Å². The van der Waals surface area contributed by atoms with E-state index in [2.05, 4.69) is 37.2 Å². The van der Waals surface area contributed by atoms with E-state index >= 15 is 0 Å². The summed E-state index contributed by atoms with van der Waals surface area (Å²) in [6.07, 6.45) is 1.33. The van der Waals surface area contributed by atoms with Crippen molar-refractivity contribution < 1.29 is 17.6 Å². The van der Waals surface area contributed by atoms with Gasteiger partial charge in [-0.15, -0.1) is 0 Å². The molecule has 0 atom stereocenters. The molecule has 1 heterocycles. The molecule has 0 aliphatic heterocycles. The van der Waals surface area contributed by atoms with E-state index in [4.69, 9.17) is 9.56 Å². The second-order valence-corrected chi connectivity index (χ2v) is 9.77. The SMILES string of the molecule is Cc1cc(Br)c(NC(=O)/C(C#N)=C/c2ccc(-c3ccc(S(N)(=O)=O)cc3)o2)c(Br)c1. The van der Waals surface area contributed by atoms with E-state index in [9.17, 15) is 18.5 Å². The van der Waals surface area contributed by atoms with E-state index in [0.29, 0.717) is 31.7 Å². The van der Waals surface area contributed by atoms with Crippen LogP contribution in [0.1, 0.15) is 11.3 Å². The molecule has 0 saturated heterocycles. The molecular formula is C21H15Br2N3O4S. The number of rotatable bonds is 5. The van der Waals surface area contributed by atoms with Gasteiger partial charge in [0.05, 0.1) is 10.6 Å². The summed E-state index contributed by atoms with van der Waals surface area (Å²) in [5.41, 5.74) is 1.97. The summed E-state index contributed by atoms with van der Waals surface area (Å²) in [5, 5.41) is 17.2. The third-order valence-corrected chi connectivity index (χ3v) is 6.35. The van der Waals surface area contributed by atoms with E-state index in [-0.39, 0.29) is 10.5 Å². The number of nitrogens with zero attached hydrogens (tertiary/aromatic N) is 1. The maximum absolute atomic E-state index is 12.6. The predicted molar refractivity (Wildman–Crippen MR) is 124 cm³/mol. The summed E-state index contributed by atoms with van der Waals surface area (Å²) in [6, 6.07) is 14.7. The monoisotopic (exact) mass is 563 g/mol. The number of carbonyl (C=O) groups excluding carboxylic acids is 1. The zero-order chi connectivity index (χ0) is 22.8. The lowest BCUT2D eigenvalue weighted by Gasteiger charge is -2.10. The molecule has 0 spiro atoms. The topological polar surface area (TPSA) is 126 Å². The maximum Gasteiger partial charge on any atom is 0.266 e. The zero-order valence-electron chi connectivity index (χ0n) is 16.0. The number of hydrogen-bond acceptors (Lipinski definition) is 5. The van der Waals surface area contributed by atoms with Crippen LogP contribution in [0.15, 0.2) is 72.4 Å². The van der Waals surface area contributed by atoms with Gasteiger partial charge in [0.15, 0.2) is 0 Å². The molecular weight excluding hydrogens is 550 g/mol. The van der Waals surface area contributed by atoms with E-state index < -0.39 is 15.9 Å². The van der Waals surface area contributed by atoms with Crippen LogP contribution < -0.4 is 10.5 Å². The predicted octanol–water partition coefficient (Wildman–Crippen LogP) is 4.97. The van der Waals surface area contributed by atoms with Crippen LogP contribution in [0.5, 0.6) is 0 Å². The lowest BCUT2D eigenvalue weighted by Crippen LogP contribution is -2.14. The van der Waals surface area contributed by atoms with Crippen LogP contribution >= 0.6 is 31.9 Å². The molecule has 7 nitrogen and oxygen atoms in total. The van der Waals surface area contributed by atoms with Gasteiger partial charge < -0.3 is 9.73 Å². The van der Waals surface area contributed by atoms with Crippen LogP contribution in [0, 0.1) is 18.3 Å². The molecule has 0 saturated carbocycles. The fourth-order valence-corrected chi connectivity index (χ4v) is 4.81. The first-order chi connectivity index (χ1) is 14.6. The minimum Gasteiger partial charge on any atom is -0.457 e. The number of carbonyl (C=O) groups is 1. The number of anilines is 1. The first kappa shape index (κ1) is 23.0. The molecule has 1 aromatic heterocycles. The largest absolute Gasteiger partial charge is 0.457 e. The van der Waals surface area contributed by atoms with Crippen LogP contribution in [0.3, 0.4) is 0 Å². The number of amides is 1. The molecule has 0 radical (unpaired) electrons. The Bertz CT molecular complexity index is 1310. The van der Waals surface area contributed by atoms with Crippen LogP contribution in [0.2, 0.25) is 0 Å². The van der Waals surface area contributed by atoms with Crippen molar-refractivity contribution >= 4 is 59.6 Å². The summed E-state index contributed by atoms with van der Waals surface area (Å²) >= 11 is 6.80. The van der Waals surface area contributed by atoms with Crippen LogP contribution in [-0.4, -0.2) is 14.3 Å². The van der Waals surface area contributed by atoms with Crippen molar-refractivity contribution in [1.82, 2.24) is 0 Å². The second kappa shape index (κ2) is 9.20. The molecule has 2 aromatic carbocycles. The molecule has 0 aliphatic rings. The van der Waals surface area contributed by atoms with Crippen molar-refractivity contribution in [2.45, 2.75) is 11.8 Å². The van der Waals surface area contributed by atoms with Gasteiger partial charge in [0.25, 0.3) is 5.91 Å². The standard InChI is InChI=1S/C21H15Br2N3O4S/c1-12-8-17(22)20(18(23)9-12)26-21(27)14(11-24)10-15-4-7-19(30-15)13-2-5-16(6-3-13)31(25,28)29/h2-10H,1H3,(H,26,27)(H2,25,28,29)/b14-10+. The molecule has 0 fully saturated rings. The van der Waals surface area contributed by atoms with E-state index in [1.54, 1.807) is 24.3 Å². The highest BCUT2D eigenvalue weighted by Gasteiger charge is 2.15. The average Bonchev–Trinajstić information content (AvgIpc) is 3.16. The first-order valence-corrected chi connectivity index (χ1v) is 11.8. The van der Waals surface area contributed by atoms with Gasteiger partial charge in [-0.1, -0.05) is 0 Å². The molecule has 1 amide bonds. The number of nitriles is 1. The van der Waals surface area contributed by atoms with Crippen LogP contribution in [-0.2, 0) is 14.8 Å². The highest BCUT2D eigenvalue weighted by Crippen LogP contribution is 2.33. The number of nitrogens with two attached hydrogens (primary N) is 1. The van der Waals surface area contributed by atoms with Gasteiger partial charge >= 0.3 is 0 Å². The number of benzene rings is 2. The number of aryl methyl sites for hydroxylation is 1. The normalized spacial score (nSPS) is 11.8. The Balaban J connectivity index is 1.83. The smallest absolute Gasteiger partial charge is 0.266 e. The molecule has 3 rings (SSSR count). The molecule has 3 N–H and O–H groups in total. The lowest BCUT2D eigenvalue weighted by molar-refractivity contribution is -0.112. The fourth-order valence-electron chi connectivity index (χ4n) is 2.69. The number of furan rings is 1. The van der Waals surface area contributed by atoms with Crippen molar-refractivity contribution in [3.63, 3.8) is 0 Å². The minimum absolute atomic E-state index is 0.0141. The Hall–Kier alpha value is -2.71. The fraction of sp³-hybridized carbons (Fsp3) is 0.0476. The third kappa shape index (κ3) is 5.51. The maximum atomic E-state index is 12.6. The van der Waals surface area contributed by atoms with Crippen LogP contribution in [0.25, 0.3) is 17.4 Å². The summed E-state index contributed by atoms with van der Waals surface area (Å²) in [4.78, 5) is 12.6. The molecule has 31 heavy (non-hydrogen) atoms. The number of nitrogens with one attached hydrogen (secondary N) is 1. The molecule has 3 aromatic rings. The highest BCUT2D eigenvalue weighted by molar-refractivity contribution is 9.11. The van der Waals surface area contributed by atoms with Gasteiger partial charge in [-0.2, -0.15) is 5.26 Å². The van der Waals surface area contributed by atoms with Gasteiger partial charge in [-0.3, -0.25) is 4.79 Å². The molecule has 10 heteroatoms. The quantitative estimate of drug-likeness (QED) is 0.334. The van der Waals surface area contributed by atoms with E-state index in [1.165, 1.54) is 18.2 Å². The Morgan fingerprint density at radius 3 is 2.29 bits per heavy atom. The molecule has 0 bridgehead atoms. The van der Waals surface area contributed by atoms with Crippen molar-refractivity contribution in [3.05, 3.63) is 74.4 Å². The molecule has 0 aliphatic carbocycles. The van der Waals surface area contributed by atoms with Gasteiger partial charge in [-0.25, -0.2) is 13.6 Å². The lowest BCUT2D eigenvalue weighted by atomic mass is 10.2. The second-order valence-electron chi connectivity index (χ2n) is 6.50. The van der Waals surface area contributed by atoms with Crippen molar-refractivity contribution in [2.75, 3.05) is 5.32 Å². The average molecular weight is 565 g/mol. The molecule has 158 valence electrons. The summed E-state index contributed by atoms with van der Waals surface area (Å²) in [7, 11) is -3.79. The Morgan fingerprint density at radius 2 is 1.74 bits per heavy atom. The van der Waals surface area contributed by atoms with Gasteiger partial charge in [0, 0.05) is 20.6 Å². The van der Waals surface area contributed by atoms with Gasteiger partial charge in [0.1, 0.15) is 23.2 Å².